The van der Waals surface area contributed by atoms with E-state index in [-0.39, 0.29) is 17.2 Å². The van der Waals surface area contributed by atoms with E-state index in [2.05, 4.69) is 10.3 Å². The fourth-order valence-electron chi connectivity index (χ4n) is 2.82. The molecule has 0 fully saturated rings. The second kappa shape index (κ2) is 7.41. The van der Waals surface area contributed by atoms with Crippen LogP contribution in [0.2, 0.25) is 0 Å². The highest BCUT2D eigenvalue weighted by molar-refractivity contribution is 6.10. The molecule has 0 aliphatic rings. The first-order valence-electron chi connectivity index (χ1n) is 8.39. The predicted octanol–water partition coefficient (Wildman–Crippen LogP) is 3.34. The lowest BCUT2D eigenvalue weighted by Crippen LogP contribution is -2.16. The molecule has 0 unspecified atom stereocenters. The number of methoxy groups -OCH3 is 2. The van der Waals surface area contributed by atoms with Gasteiger partial charge < -0.3 is 25.1 Å². The van der Waals surface area contributed by atoms with Crippen LogP contribution in [0, 0.1) is 13.8 Å². The Kier molecular flexibility index (Phi) is 5.03. The molecule has 27 heavy (non-hydrogen) atoms. The smallest absolute Gasteiger partial charge is 0.261 e. The summed E-state index contributed by atoms with van der Waals surface area (Å²) in [6.07, 6.45) is 1.78. The highest BCUT2D eigenvalue weighted by Gasteiger charge is 2.19. The lowest BCUT2D eigenvalue weighted by Gasteiger charge is -2.14. The quantitative estimate of drug-likeness (QED) is 0.676. The Bertz CT molecular complexity index is 978. The minimum absolute atomic E-state index is 0.232. The highest BCUT2D eigenvalue weighted by Crippen LogP contribution is 2.33. The summed E-state index contributed by atoms with van der Waals surface area (Å²) >= 11 is 0. The van der Waals surface area contributed by atoms with E-state index in [0.717, 1.165) is 17.1 Å². The van der Waals surface area contributed by atoms with Crippen molar-refractivity contribution in [1.29, 1.82) is 0 Å². The first-order chi connectivity index (χ1) is 13.0. The molecule has 1 heterocycles. The number of hydrogen-bond acceptors (Lipinski definition) is 5. The summed E-state index contributed by atoms with van der Waals surface area (Å²) in [7, 11) is 2.99. The zero-order valence-electron chi connectivity index (χ0n) is 15.7. The van der Waals surface area contributed by atoms with Crippen LogP contribution in [0.25, 0.3) is 5.69 Å². The molecule has 3 aromatic rings. The Labute approximate surface area is 157 Å². The fraction of sp³-hybridized carbons (Fsp3) is 0.200. The first kappa shape index (κ1) is 18.3. The molecule has 0 atom stereocenters. The van der Waals surface area contributed by atoms with E-state index >= 15 is 0 Å². The molecule has 2 aromatic carbocycles. The number of nitrogens with two attached hydrogens (primary N) is 1. The van der Waals surface area contributed by atoms with Crippen LogP contribution in [0.1, 0.15) is 21.7 Å². The monoisotopic (exact) mass is 366 g/mol. The van der Waals surface area contributed by atoms with Gasteiger partial charge in [0.2, 0.25) is 0 Å². The predicted molar refractivity (Wildman–Crippen MR) is 105 cm³/mol. The van der Waals surface area contributed by atoms with E-state index < -0.39 is 0 Å². The Hall–Kier alpha value is -3.48. The van der Waals surface area contributed by atoms with Gasteiger partial charge in [-0.3, -0.25) is 4.79 Å². The number of nitrogens with one attached hydrogen (secondary N) is 1. The van der Waals surface area contributed by atoms with Gasteiger partial charge in [-0.2, -0.15) is 0 Å². The molecule has 0 aliphatic heterocycles. The number of imidazole rings is 1. The van der Waals surface area contributed by atoms with Crippen molar-refractivity contribution in [3.8, 4) is 17.2 Å². The van der Waals surface area contributed by atoms with E-state index in [1.807, 2.05) is 42.7 Å². The minimum Gasteiger partial charge on any atom is -0.496 e. The third-order valence-electron chi connectivity index (χ3n) is 4.49. The summed E-state index contributed by atoms with van der Waals surface area (Å²) in [5.41, 5.74) is 10.2. The summed E-state index contributed by atoms with van der Waals surface area (Å²) in [6, 6.07) is 10.8. The number of nitrogen functional groups attached to an aromatic ring is 1. The summed E-state index contributed by atoms with van der Waals surface area (Å²) < 4.78 is 12.5. The van der Waals surface area contributed by atoms with Crippen molar-refractivity contribution in [2.45, 2.75) is 13.8 Å². The van der Waals surface area contributed by atoms with E-state index in [9.17, 15) is 4.79 Å². The van der Waals surface area contributed by atoms with Crippen molar-refractivity contribution in [3.63, 3.8) is 0 Å². The molecule has 7 nitrogen and oxygen atoms in total. The van der Waals surface area contributed by atoms with Crippen LogP contribution >= 0.6 is 0 Å². The number of nitrogens with zero attached hydrogens (tertiary/aromatic N) is 2. The van der Waals surface area contributed by atoms with Crippen molar-refractivity contribution >= 4 is 17.3 Å². The lowest BCUT2D eigenvalue weighted by molar-refractivity contribution is 0.102. The molecule has 0 bridgehead atoms. The van der Waals surface area contributed by atoms with Gasteiger partial charge in [0, 0.05) is 17.1 Å². The van der Waals surface area contributed by atoms with Crippen molar-refractivity contribution < 1.29 is 14.3 Å². The molecule has 0 saturated heterocycles. The van der Waals surface area contributed by atoms with Gasteiger partial charge in [-0.1, -0.05) is 0 Å². The summed E-state index contributed by atoms with van der Waals surface area (Å²) in [5.74, 6) is 0.430. The van der Waals surface area contributed by atoms with Crippen molar-refractivity contribution in [3.05, 3.63) is 59.7 Å². The van der Waals surface area contributed by atoms with Crippen LogP contribution in [0.15, 0.2) is 42.7 Å². The van der Waals surface area contributed by atoms with Crippen LogP contribution in [-0.2, 0) is 0 Å². The third kappa shape index (κ3) is 3.44. The number of rotatable bonds is 5. The molecule has 0 spiro atoms. The molecule has 3 rings (SSSR count). The molecule has 0 saturated carbocycles. The van der Waals surface area contributed by atoms with Gasteiger partial charge in [0.05, 0.1) is 31.9 Å². The van der Waals surface area contributed by atoms with E-state index in [4.69, 9.17) is 15.2 Å². The molecular formula is C20H22N4O3. The van der Waals surface area contributed by atoms with E-state index in [0.29, 0.717) is 17.2 Å². The summed E-state index contributed by atoms with van der Waals surface area (Å²) in [5, 5.41) is 2.84. The Morgan fingerprint density at radius 3 is 2.22 bits per heavy atom. The SMILES string of the molecule is COc1ccc(OC)c(C(=O)Nc2ccc(-n3cnc(C)c3C)cc2)c1N. The second-order valence-corrected chi connectivity index (χ2v) is 6.05. The summed E-state index contributed by atoms with van der Waals surface area (Å²) in [4.78, 5) is 17.1. The Balaban J connectivity index is 1.86. The lowest BCUT2D eigenvalue weighted by atomic mass is 10.1. The maximum Gasteiger partial charge on any atom is 0.261 e. The van der Waals surface area contributed by atoms with Crippen molar-refractivity contribution in [2.24, 2.45) is 0 Å². The number of carbonyl (C=O) groups excluding carboxylic acids is 1. The Morgan fingerprint density at radius 1 is 1.04 bits per heavy atom. The van der Waals surface area contributed by atoms with Crippen LogP contribution in [0.5, 0.6) is 11.5 Å². The standard InChI is InChI=1S/C20H22N4O3/c1-12-13(2)24(11-22-12)15-7-5-14(6-8-15)23-20(25)18-16(26-3)9-10-17(27-4)19(18)21/h5-11H,21H2,1-4H3,(H,23,25). The zero-order chi connectivity index (χ0) is 19.6. The van der Waals surface area contributed by atoms with E-state index in [1.165, 1.54) is 14.2 Å². The number of benzene rings is 2. The van der Waals surface area contributed by atoms with E-state index in [1.54, 1.807) is 18.5 Å². The van der Waals surface area contributed by atoms with Gasteiger partial charge >= 0.3 is 0 Å². The molecule has 1 amide bonds. The second-order valence-electron chi connectivity index (χ2n) is 6.05. The van der Waals surface area contributed by atoms with Gasteiger partial charge in [0.15, 0.2) is 0 Å². The number of carbonyl (C=O) groups is 1. The molecule has 0 radical (unpaired) electrons. The van der Waals surface area contributed by atoms with Crippen LogP contribution < -0.4 is 20.5 Å². The largest absolute Gasteiger partial charge is 0.496 e. The first-order valence-corrected chi connectivity index (χ1v) is 8.39. The molecule has 140 valence electrons. The topological polar surface area (TPSA) is 91.4 Å². The van der Waals surface area contributed by atoms with Crippen molar-refractivity contribution in [2.75, 3.05) is 25.3 Å². The maximum absolute atomic E-state index is 12.8. The Morgan fingerprint density at radius 2 is 1.67 bits per heavy atom. The molecule has 7 heteroatoms. The van der Waals surface area contributed by atoms with Gasteiger partial charge in [-0.15, -0.1) is 0 Å². The van der Waals surface area contributed by atoms with Gasteiger partial charge in [-0.05, 0) is 50.2 Å². The molecule has 3 N–H and O–H groups in total. The number of hydrogen-bond donors (Lipinski definition) is 2. The molecule has 0 aliphatic carbocycles. The third-order valence-corrected chi connectivity index (χ3v) is 4.49. The molecule has 1 aromatic heterocycles. The number of ether oxygens (including phenoxy) is 2. The fourth-order valence-corrected chi connectivity index (χ4v) is 2.82. The van der Waals surface area contributed by atoms with Crippen LogP contribution in [0.3, 0.4) is 0 Å². The van der Waals surface area contributed by atoms with Crippen LogP contribution in [0.4, 0.5) is 11.4 Å². The van der Waals surface area contributed by atoms with Gasteiger partial charge in [-0.25, -0.2) is 4.98 Å². The summed E-state index contributed by atoms with van der Waals surface area (Å²) in [6.45, 7) is 3.97. The van der Waals surface area contributed by atoms with Gasteiger partial charge in [0.25, 0.3) is 5.91 Å². The van der Waals surface area contributed by atoms with Gasteiger partial charge in [0.1, 0.15) is 17.1 Å². The minimum atomic E-state index is -0.370. The maximum atomic E-state index is 12.8. The number of anilines is 2. The average Bonchev–Trinajstić information content (AvgIpc) is 3.00. The number of amides is 1. The molecular weight excluding hydrogens is 344 g/mol. The zero-order valence-corrected chi connectivity index (χ0v) is 15.7. The average molecular weight is 366 g/mol. The highest BCUT2D eigenvalue weighted by atomic mass is 16.5. The normalized spacial score (nSPS) is 10.5. The van der Waals surface area contributed by atoms with Crippen LogP contribution in [-0.4, -0.2) is 29.7 Å². The number of aromatic nitrogens is 2. The van der Waals surface area contributed by atoms with Crippen molar-refractivity contribution in [1.82, 2.24) is 9.55 Å². The number of aryl methyl sites for hydroxylation is 1.